The molecule has 6 heteroatoms. The lowest BCUT2D eigenvalue weighted by Crippen LogP contribution is -2.16. The molecule has 2 N–H and O–H groups in total. The molecule has 1 aromatic rings. The van der Waals surface area contributed by atoms with Crippen LogP contribution in [0, 0.1) is 5.82 Å². The van der Waals surface area contributed by atoms with Gasteiger partial charge in [0.1, 0.15) is 5.82 Å². The average molecular weight is 249 g/mol. The predicted molar refractivity (Wildman–Crippen MR) is 49.1 cm³/mol. The van der Waals surface area contributed by atoms with E-state index in [1.54, 1.807) is 0 Å². The first-order chi connectivity index (χ1) is 6.09. The molecule has 0 fully saturated rings. The van der Waals surface area contributed by atoms with Gasteiger partial charge in [-0.2, -0.15) is 0 Å². The maximum Gasteiger partial charge on any atom is 0.634 e. The van der Waals surface area contributed by atoms with Crippen LogP contribution in [0.15, 0.2) is 22.7 Å². The second-order valence-electron chi connectivity index (χ2n) is 2.37. The van der Waals surface area contributed by atoms with Crippen LogP contribution in [0.2, 0.25) is 0 Å². The van der Waals surface area contributed by atoms with E-state index in [1.165, 1.54) is 18.2 Å². The van der Waals surface area contributed by atoms with Gasteiger partial charge in [-0.25, -0.2) is 4.39 Å². The van der Waals surface area contributed by atoms with E-state index in [0.717, 1.165) is 0 Å². The fourth-order valence-corrected chi connectivity index (χ4v) is 1.18. The third-order valence-electron chi connectivity index (χ3n) is 1.40. The third kappa shape index (κ3) is 3.44. The Morgan fingerprint density at radius 1 is 1.46 bits per heavy atom. The highest BCUT2D eigenvalue weighted by Gasteiger charge is 2.10. The highest BCUT2D eigenvalue weighted by Crippen LogP contribution is 2.18. The van der Waals surface area contributed by atoms with E-state index >= 15 is 0 Å². The molecule has 70 valence electrons. The summed E-state index contributed by atoms with van der Waals surface area (Å²) >= 11 is 3.17. The lowest BCUT2D eigenvalue weighted by atomic mass is 10.2. The summed E-state index contributed by atoms with van der Waals surface area (Å²) in [5.74, 6) is -0.394. The van der Waals surface area contributed by atoms with Crippen molar-refractivity contribution >= 4 is 23.3 Å². The Morgan fingerprint density at radius 2 is 2.15 bits per heavy atom. The van der Waals surface area contributed by atoms with Crippen LogP contribution in [-0.4, -0.2) is 17.4 Å². The summed E-state index contributed by atoms with van der Waals surface area (Å²) in [6, 6.07) is 4.08. The number of benzene rings is 1. The maximum absolute atomic E-state index is 12.7. The summed E-state index contributed by atoms with van der Waals surface area (Å²) in [5, 5.41) is 16.8. The van der Waals surface area contributed by atoms with Crippen molar-refractivity contribution in [3.8, 4) is 0 Å². The SMILES string of the molecule is OB(O)OCc1cc(F)ccc1Br. The van der Waals surface area contributed by atoms with Crippen molar-refractivity contribution in [2.45, 2.75) is 6.61 Å². The molecule has 0 amide bonds. The van der Waals surface area contributed by atoms with E-state index < -0.39 is 13.1 Å². The largest absolute Gasteiger partial charge is 0.634 e. The summed E-state index contributed by atoms with van der Waals surface area (Å²) < 4.78 is 17.8. The highest BCUT2D eigenvalue weighted by atomic mass is 79.9. The standard InChI is InChI=1S/C7H7BBrFO3/c9-7-2-1-6(10)3-5(7)4-13-8(11)12/h1-3,11-12H,4H2. The number of halogens is 2. The van der Waals surface area contributed by atoms with Gasteiger partial charge < -0.3 is 14.7 Å². The van der Waals surface area contributed by atoms with Crippen LogP contribution in [-0.2, 0) is 11.3 Å². The Bertz CT molecular complexity index is 295. The molecule has 0 bridgehead atoms. The van der Waals surface area contributed by atoms with Crippen LogP contribution in [0.25, 0.3) is 0 Å². The van der Waals surface area contributed by atoms with Crippen LogP contribution in [0.4, 0.5) is 4.39 Å². The summed E-state index contributed by atoms with van der Waals surface area (Å²) in [4.78, 5) is 0. The zero-order valence-electron chi connectivity index (χ0n) is 6.58. The summed E-state index contributed by atoms with van der Waals surface area (Å²) in [7, 11) is -1.84. The van der Waals surface area contributed by atoms with Crippen LogP contribution in [0.3, 0.4) is 0 Å². The zero-order chi connectivity index (χ0) is 9.84. The van der Waals surface area contributed by atoms with Crippen LogP contribution in [0.1, 0.15) is 5.56 Å². The van der Waals surface area contributed by atoms with Gasteiger partial charge in [-0.05, 0) is 23.8 Å². The Balaban J connectivity index is 2.70. The molecule has 0 atom stereocenters. The quantitative estimate of drug-likeness (QED) is 0.787. The van der Waals surface area contributed by atoms with Gasteiger partial charge in [0.2, 0.25) is 0 Å². The van der Waals surface area contributed by atoms with E-state index in [-0.39, 0.29) is 6.61 Å². The van der Waals surface area contributed by atoms with Gasteiger partial charge in [0.05, 0.1) is 6.61 Å². The zero-order valence-corrected chi connectivity index (χ0v) is 8.16. The van der Waals surface area contributed by atoms with Crippen molar-refractivity contribution in [2.75, 3.05) is 0 Å². The minimum atomic E-state index is -1.84. The monoisotopic (exact) mass is 248 g/mol. The number of hydrogen-bond donors (Lipinski definition) is 2. The van der Waals surface area contributed by atoms with Gasteiger partial charge in [0.15, 0.2) is 0 Å². The molecule has 1 aromatic carbocycles. The lowest BCUT2D eigenvalue weighted by Gasteiger charge is -2.05. The fraction of sp³-hybridized carbons (Fsp3) is 0.143. The van der Waals surface area contributed by atoms with Crippen molar-refractivity contribution in [1.29, 1.82) is 0 Å². The first-order valence-electron chi connectivity index (χ1n) is 3.51. The van der Waals surface area contributed by atoms with E-state index in [1.807, 2.05) is 0 Å². The maximum atomic E-state index is 12.7. The molecule has 0 unspecified atom stereocenters. The van der Waals surface area contributed by atoms with Crippen molar-refractivity contribution in [2.24, 2.45) is 0 Å². The van der Waals surface area contributed by atoms with E-state index in [2.05, 4.69) is 20.6 Å². The van der Waals surface area contributed by atoms with E-state index in [9.17, 15) is 4.39 Å². The van der Waals surface area contributed by atoms with Crippen molar-refractivity contribution < 1.29 is 19.1 Å². The molecule has 1 rings (SSSR count). The van der Waals surface area contributed by atoms with Crippen molar-refractivity contribution in [3.05, 3.63) is 34.1 Å². The van der Waals surface area contributed by atoms with Crippen LogP contribution < -0.4 is 0 Å². The van der Waals surface area contributed by atoms with Gasteiger partial charge >= 0.3 is 7.32 Å². The second-order valence-corrected chi connectivity index (χ2v) is 3.23. The van der Waals surface area contributed by atoms with Crippen LogP contribution in [0.5, 0.6) is 0 Å². The topological polar surface area (TPSA) is 49.7 Å². The lowest BCUT2D eigenvalue weighted by molar-refractivity contribution is 0.176. The van der Waals surface area contributed by atoms with Crippen LogP contribution >= 0.6 is 15.9 Å². The molecule has 0 aliphatic rings. The van der Waals surface area contributed by atoms with Gasteiger partial charge in [0.25, 0.3) is 0 Å². The van der Waals surface area contributed by atoms with Gasteiger partial charge in [-0.1, -0.05) is 15.9 Å². The molecular formula is C7H7BBrFO3. The van der Waals surface area contributed by atoms with Crippen molar-refractivity contribution in [1.82, 2.24) is 0 Å². The molecule has 0 saturated heterocycles. The molecule has 0 radical (unpaired) electrons. The molecular weight excluding hydrogens is 242 g/mol. The Kier molecular flexibility index (Phi) is 3.86. The third-order valence-corrected chi connectivity index (χ3v) is 2.17. The Morgan fingerprint density at radius 3 is 2.77 bits per heavy atom. The first kappa shape index (κ1) is 10.7. The Hall–Kier alpha value is -0.425. The molecule has 0 spiro atoms. The molecule has 0 aromatic heterocycles. The summed E-state index contributed by atoms with van der Waals surface area (Å²) in [6.45, 7) is -0.0595. The minimum Gasteiger partial charge on any atom is -0.402 e. The van der Waals surface area contributed by atoms with Gasteiger partial charge in [-0.15, -0.1) is 0 Å². The molecule has 3 nitrogen and oxygen atoms in total. The van der Waals surface area contributed by atoms with Gasteiger partial charge in [-0.3, -0.25) is 0 Å². The molecule has 13 heavy (non-hydrogen) atoms. The van der Waals surface area contributed by atoms with E-state index in [0.29, 0.717) is 10.0 Å². The smallest absolute Gasteiger partial charge is 0.402 e. The normalized spacial score (nSPS) is 10.2. The molecule has 0 saturated carbocycles. The van der Waals surface area contributed by atoms with Crippen molar-refractivity contribution in [3.63, 3.8) is 0 Å². The molecule has 0 aliphatic carbocycles. The average Bonchev–Trinajstić information content (AvgIpc) is 2.06. The number of hydrogen-bond acceptors (Lipinski definition) is 3. The predicted octanol–water partition coefficient (Wildman–Crippen LogP) is 1.07. The number of rotatable bonds is 3. The molecule has 0 heterocycles. The summed E-state index contributed by atoms with van der Waals surface area (Å²) in [6.07, 6.45) is 0. The minimum absolute atomic E-state index is 0.0595. The molecule has 0 aliphatic heterocycles. The first-order valence-corrected chi connectivity index (χ1v) is 4.30. The summed E-state index contributed by atoms with van der Waals surface area (Å²) in [5.41, 5.74) is 0.521. The highest BCUT2D eigenvalue weighted by molar-refractivity contribution is 9.10. The van der Waals surface area contributed by atoms with Gasteiger partial charge in [0, 0.05) is 4.47 Å². The Labute approximate surface area is 83.5 Å². The van der Waals surface area contributed by atoms with E-state index in [4.69, 9.17) is 10.0 Å². The second kappa shape index (κ2) is 4.71. The fourth-order valence-electron chi connectivity index (χ4n) is 0.818.